The SMILES string of the molecule is CCCCCCCCCCCCCN(C)C(=O)OC(C)(C)C. The molecular weight excluding hydrogens is 274 g/mol. The van der Waals surface area contributed by atoms with Crippen molar-refractivity contribution in [3.05, 3.63) is 0 Å². The van der Waals surface area contributed by atoms with Crippen LogP contribution in [0.4, 0.5) is 4.79 Å². The maximum atomic E-state index is 11.8. The van der Waals surface area contributed by atoms with E-state index in [0.29, 0.717) is 0 Å². The standard InChI is InChI=1S/C19H39NO2/c1-6-7-8-9-10-11-12-13-14-15-16-17-20(5)18(21)22-19(2,3)4/h6-17H2,1-5H3. The molecule has 0 rings (SSSR count). The minimum Gasteiger partial charge on any atom is -0.444 e. The van der Waals surface area contributed by atoms with E-state index in [1.165, 1.54) is 64.2 Å². The van der Waals surface area contributed by atoms with Gasteiger partial charge in [-0.1, -0.05) is 71.1 Å². The van der Waals surface area contributed by atoms with Crippen molar-refractivity contribution < 1.29 is 9.53 Å². The van der Waals surface area contributed by atoms with E-state index in [2.05, 4.69) is 6.92 Å². The lowest BCUT2D eigenvalue weighted by Crippen LogP contribution is -2.34. The van der Waals surface area contributed by atoms with Gasteiger partial charge in [0.05, 0.1) is 0 Å². The Morgan fingerprint density at radius 2 is 1.23 bits per heavy atom. The molecule has 0 aromatic heterocycles. The molecule has 0 bridgehead atoms. The summed E-state index contributed by atoms with van der Waals surface area (Å²) < 4.78 is 5.34. The summed E-state index contributed by atoms with van der Waals surface area (Å²) in [4.78, 5) is 13.5. The van der Waals surface area contributed by atoms with Gasteiger partial charge in [-0.2, -0.15) is 0 Å². The van der Waals surface area contributed by atoms with Crippen LogP contribution < -0.4 is 0 Å². The molecule has 0 saturated carbocycles. The maximum absolute atomic E-state index is 11.8. The Morgan fingerprint density at radius 1 is 0.818 bits per heavy atom. The number of carbonyl (C=O) groups excluding carboxylic acids is 1. The molecule has 22 heavy (non-hydrogen) atoms. The molecule has 0 unspecified atom stereocenters. The predicted octanol–water partition coefficient (Wildman–Crippen LogP) is 6.16. The first-order chi connectivity index (χ1) is 10.4. The summed E-state index contributed by atoms with van der Waals surface area (Å²) in [6.45, 7) is 8.77. The van der Waals surface area contributed by atoms with Crippen molar-refractivity contribution in [2.45, 2.75) is 104 Å². The number of hydrogen-bond donors (Lipinski definition) is 0. The van der Waals surface area contributed by atoms with E-state index in [-0.39, 0.29) is 6.09 Å². The lowest BCUT2D eigenvalue weighted by atomic mass is 10.1. The second-order valence-corrected chi connectivity index (χ2v) is 7.44. The highest BCUT2D eigenvalue weighted by Gasteiger charge is 2.18. The van der Waals surface area contributed by atoms with E-state index in [0.717, 1.165) is 13.0 Å². The third-order valence-corrected chi connectivity index (χ3v) is 3.80. The largest absolute Gasteiger partial charge is 0.444 e. The number of nitrogens with zero attached hydrogens (tertiary/aromatic N) is 1. The molecule has 0 aliphatic heterocycles. The number of carbonyl (C=O) groups is 1. The summed E-state index contributed by atoms with van der Waals surface area (Å²) >= 11 is 0. The van der Waals surface area contributed by atoms with E-state index in [1.54, 1.807) is 4.90 Å². The highest BCUT2D eigenvalue weighted by molar-refractivity contribution is 5.67. The molecule has 0 N–H and O–H groups in total. The van der Waals surface area contributed by atoms with Crippen molar-refractivity contribution >= 4 is 6.09 Å². The summed E-state index contributed by atoms with van der Waals surface area (Å²) in [5.74, 6) is 0. The minimum atomic E-state index is -0.400. The molecule has 3 heteroatoms. The number of amides is 1. The Balaban J connectivity index is 3.37. The highest BCUT2D eigenvalue weighted by Crippen LogP contribution is 2.12. The fourth-order valence-corrected chi connectivity index (χ4v) is 2.44. The monoisotopic (exact) mass is 313 g/mol. The molecule has 0 spiro atoms. The minimum absolute atomic E-state index is 0.209. The van der Waals surface area contributed by atoms with Crippen LogP contribution in [0.3, 0.4) is 0 Å². The lowest BCUT2D eigenvalue weighted by Gasteiger charge is -2.24. The van der Waals surface area contributed by atoms with E-state index in [4.69, 9.17) is 4.74 Å². The Kier molecular flexibility index (Phi) is 12.4. The zero-order chi connectivity index (χ0) is 16.8. The Hall–Kier alpha value is -0.730. The molecule has 0 aromatic carbocycles. The average Bonchev–Trinajstić information content (AvgIpc) is 2.42. The summed E-state index contributed by atoms with van der Waals surface area (Å²) in [6, 6.07) is 0. The van der Waals surface area contributed by atoms with Crippen molar-refractivity contribution in [1.29, 1.82) is 0 Å². The van der Waals surface area contributed by atoms with Gasteiger partial charge in [-0.25, -0.2) is 4.79 Å². The summed E-state index contributed by atoms with van der Waals surface area (Å²) in [7, 11) is 1.82. The molecule has 0 radical (unpaired) electrons. The molecule has 0 saturated heterocycles. The van der Waals surface area contributed by atoms with E-state index < -0.39 is 5.60 Å². The Bertz CT molecular complexity index is 271. The van der Waals surface area contributed by atoms with E-state index in [1.807, 2.05) is 27.8 Å². The molecule has 0 aromatic rings. The van der Waals surface area contributed by atoms with Gasteiger partial charge < -0.3 is 9.64 Å². The van der Waals surface area contributed by atoms with Crippen LogP contribution in [0.15, 0.2) is 0 Å². The van der Waals surface area contributed by atoms with Gasteiger partial charge in [-0.3, -0.25) is 0 Å². The van der Waals surface area contributed by atoms with Gasteiger partial charge >= 0.3 is 6.09 Å². The van der Waals surface area contributed by atoms with Gasteiger partial charge in [0.15, 0.2) is 0 Å². The third-order valence-electron chi connectivity index (χ3n) is 3.80. The molecule has 0 fully saturated rings. The number of unbranched alkanes of at least 4 members (excludes halogenated alkanes) is 10. The molecule has 132 valence electrons. The molecule has 0 atom stereocenters. The van der Waals surface area contributed by atoms with Crippen LogP contribution in [-0.2, 0) is 4.74 Å². The fourth-order valence-electron chi connectivity index (χ4n) is 2.44. The van der Waals surface area contributed by atoms with Crippen LogP contribution in [0.2, 0.25) is 0 Å². The van der Waals surface area contributed by atoms with Crippen LogP contribution in [0.1, 0.15) is 98.3 Å². The number of hydrogen-bond acceptors (Lipinski definition) is 2. The second kappa shape index (κ2) is 12.8. The Labute approximate surface area is 138 Å². The zero-order valence-electron chi connectivity index (χ0n) is 15.7. The van der Waals surface area contributed by atoms with Crippen molar-refractivity contribution in [3.8, 4) is 0 Å². The number of ether oxygens (including phenoxy) is 1. The van der Waals surface area contributed by atoms with Crippen molar-refractivity contribution in [2.75, 3.05) is 13.6 Å². The van der Waals surface area contributed by atoms with Crippen LogP contribution in [0.5, 0.6) is 0 Å². The quantitative estimate of drug-likeness (QED) is 0.403. The van der Waals surface area contributed by atoms with Crippen molar-refractivity contribution in [3.63, 3.8) is 0 Å². The molecular formula is C19H39NO2. The van der Waals surface area contributed by atoms with Crippen molar-refractivity contribution in [2.24, 2.45) is 0 Å². The van der Waals surface area contributed by atoms with Crippen LogP contribution >= 0.6 is 0 Å². The summed E-state index contributed by atoms with van der Waals surface area (Å²) in [5, 5.41) is 0. The normalized spacial score (nSPS) is 11.5. The lowest BCUT2D eigenvalue weighted by molar-refractivity contribution is 0.0296. The van der Waals surface area contributed by atoms with E-state index in [9.17, 15) is 4.79 Å². The first-order valence-electron chi connectivity index (χ1n) is 9.31. The predicted molar refractivity (Wildman–Crippen MR) is 95.3 cm³/mol. The molecule has 0 heterocycles. The first-order valence-corrected chi connectivity index (χ1v) is 9.31. The smallest absolute Gasteiger partial charge is 0.410 e. The van der Waals surface area contributed by atoms with Crippen LogP contribution in [-0.4, -0.2) is 30.2 Å². The van der Waals surface area contributed by atoms with Gasteiger partial charge in [0.2, 0.25) is 0 Å². The maximum Gasteiger partial charge on any atom is 0.410 e. The third kappa shape index (κ3) is 14.2. The van der Waals surface area contributed by atoms with Gasteiger partial charge in [0.1, 0.15) is 5.60 Å². The average molecular weight is 314 g/mol. The molecule has 0 aliphatic carbocycles. The van der Waals surface area contributed by atoms with Crippen molar-refractivity contribution in [1.82, 2.24) is 4.90 Å². The highest BCUT2D eigenvalue weighted by atomic mass is 16.6. The summed E-state index contributed by atoms with van der Waals surface area (Å²) in [5.41, 5.74) is -0.400. The molecule has 1 amide bonds. The van der Waals surface area contributed by atoms with E-state index >= 15 is 0 Å². The fraction of sp³-hybridized carbons (Fsp3) is 0.947. The molecule has 3 nitrogen and oxygen atoms in total. The first kappa shape index (κ1) is 21.3. The van der Waals surface area contributed by atoms with Gasteiger partial charge in [-0.15, -0.1) is 0 Å². The second-order valence-electron chi connectivity index (χ2n) is 7.44. The van der Waals surface area contributed by atoms with Gasteiger partial charge in [-0.05, 0) is 27.2 Å². The topological polar surface area (TPSA) is 29.5 Å². The van der Waals surface area contributed by atoms with Gasteiger partial charge in [0.25, 0.3) is 0 Å². The zero-order valence-corrected chi connectivity index (χ0v) is 15.7. The van der Waals surface area contributed by atoms with Gasteiger partial charge in [0, 0.05) is 13.6 Å². The Morgan fingerprint density at radius 3 is 1.64 bits per heavy atom. The van der Waals surface area contributed by atoms with Crippen LogP contribution in [0, 0.1) is 0 Å². The van der Waals surface area contributed by atoms with Crippen LogP contribution in [0.25, 0.3) is 0 Å². The number of rotatable bonds is 12. The summed E-state index contributed by atoms with van der Waals surface area (Å²) in [6.07, 6.45) is 14.4. The molecule has 0 aliphatic rings.